The quantitative estimate of drug-likeness (QED) is 0.480. The molecule has 0 aromatic heterocycles. The number of ketones is 1. The van der Waals surface area contributed by atoms with Crippen LogP contribution < -0.4 is 5.32 Å². The van der Waals surface area contributed by atoms with Gasteiger partial charge in [-0.2, -0.15) is 0 Å². The fourth-order valence-corrected chi connectivity index (χ4v) is 1.57. The molecule has 0 fully saturated rings. The van der Waals surface area contributed by atoms with Gasteiger partial charge in [0.15, 0.2) is 5.78 Å². The molecule has 3 heteroatoms. The summed E-state index contributed by atoms with van der Waals surface area (Å²) in [6.45, 7) is 9.96. The summed E-state index contributed by atoms with van der Waals surface area (Å²) in [6, 6.07) is 0. The largest absolute Gasteiger partial charge is 0.356 e. The summed E-state index contributed by atoms with van der Waals surface area (Å²) in [5.41, 5.74) is 0.659. The second-order valence-electron chi connectivity index (χ2n) is 5.17. The van der Waals surface area contributed by atoms with Crippen molar-refractivity contribution in [1.29, 1.82) is 0 Å². The maximum Gasteiger partial charge on any atom is 0.222 e. The number of nitrogens with one attached hydrogen (secondary N) is 1. The van der Waals surface area contributed by atoms with Gasteiger partial charge < -0.3 is 5.32 Å². The number of hydrogen-bond donors (Lipinski definition) is 1. The van der Waals surface area contributed by atoms with E-state index in [1.807, 2.05) is 13.8 Å². The second kappa shape index (κ2) is 9.86. The van der Waals surface area contributed by atoms with E-state index in [2.05, 4.69) is 11.9 Å². The maximum absolute atomic E-state index is 11.3. The number of carbonyl (C=O) groups is 2. The van der Waals surface area contributed by atoms with Gasteiger partial charge in [-0.1, -0.05) is 39.7 Å². The number of rotatable bonds is 10. The van der Waals surface area contributed by atoms with Crippen LogP contribution in [0.2, 0.25) is 0 Å². The van der Waals surface area contributed by atoms with E-state index in [0.29, 0.717) is 12.0 Å². The standard InChI is InChI=1S/C15H27NO2/c1-12(2)14(17)10-8-6-5-7-9-11-16-15(18)13(3)4/h13H,1,5-11H2,2-4H3,(H,16,18). The monoisotopic (exact) mass is 253 g/mol. The van der Waals surface area contributed by atoms with Crippen LogP contribution in [0.1, 0.15) is 59.3 Å². The van der Waals surface area contributed by atoms with E-state index >= 15 is 0 Å². The molecule has 0 atom stereocenters. The smallest absolute Gasteiger partial charge is 0.222 e. The highest BCUT2D eigenvalue weighted by atomic mass is 16.1. The summed E-state index contributed by atoms with van der Waals surface area (Å²) in [5, 5.41) is 2.90. The van der Waals surface area contributed by atoms with Crippen LogP contribution in [0.25, 0.3) is 0 Å². The molecule has 0 aromatic rings. The van der Waals surface area contributed by atoms with Crippen molar-refractivity contribution in [3.63, 3.8) is 0 Å². The Hall–Kier alpha value is -1.12. The molecule has 1 N–H and O–H groups in total. The predicted molar refractivity (Wildman–Crippen MR) is 75.4 cm³/mol. The molecule has 0 unspecified atom stereocenters. The van der Waals surface area contributed by atoms with Gasteiger partial charge in [-0.25, -0.2) is 0 Å². The van der Waals surface area contributed by atoms with Crippen molar-refractivity contribution >= 4 is 11.7 Å². The minimum Gasteiger partial charge on any atom is -0.356 e. The SMILES string of the molecule is C=C(C)C(=O)CCCCCCCNC(=O)C(C)C. The number of carbonyl (C=O) groups excluding carboxylic acids is 2. The van der Waals surface area contributed by atoms with Crippen LogP contribution in [0.5, 0.6) is 0 Å². The molecule has 0 aromatic carbocycles. The van der Waals surface area contributed by atoms with Crippen molar-refractivity contribution in [1.82, 2.24) is 5.32 Å². The second-order valence-corrected chi connectivity index (χ2v) is 5.17. The molecule has 104 valence electrons. The average molecular weight is 253 g/mol. The van der Waals surface area contributed by atoms with Gasteiger partial charge in [-0.3, -0.25) is 9.59 Å². The van der Waals surface area contributed by atoms with Gasteiger partial charge in [0.1, 0.15) is 0 Å². The summed E-state index contributed by atoms with van der Waals surface area (Å²) in [5.74, 6) is 0.374. The van der Waals surface area contributed by atoms with Gasteiger partial charge >= 0.3 is 0 Å². The Kier molecular flexibility index (Phi) is 9.25. The lowest BCUT2D eigenvalue weighted by Crippen LogP contribution is -2.28. The molecule has 18 heavy (non-hydrogen) atoms. The Morgan fingerprint density at radius 1 is 1.06 bits per heavy atom. The average Bonchev–Trinajstić information content (AvgIpc) is 2.31. The Labute approximate surface area is 111 Å². The van der Waals surface area contributed by atoms with Crippen molar-refractivity contribution in [3.05, 3.63) is 12.2 Å². The first kappa shape index (κ1) is 16.9. The molecule has 0 aliphatic heterocycles. The highest BCUT2D eigenvalue weighted by Gasteiger charge is 2.04. The first-order valence-electron chi connectivity index (χ1n) is 6.91. The lowest BCUT2D eigenvalue weighted by atomic mass is 10.1. The van der Waals surface area contributed by atoms with Gasteiger partial charge in [0.05, 0.1) is 0 Å². The van der Waals surface area contributed by atoms with Crippen molar-refractivity contribution in [3.8, 4) is 0 Å². The zero-order chi connectivity index (χ0) is 14.0. The molecule has 3 nitrogen and oxygen atoms in total. The van der Waals surface area contributed by atoms with Crippen molar-refractivity contribution in [2.45, 2.75) is 59.3 Å². The third kappa shape index (κ3) is 8.97. The minimum atomic E-state index is 0.0677. The summed E-state index contributed by atoms with van der Waals surface area (Å²) in [4.78, 5) is 22.5. The van der Waals surface area contributed by atoms with Crippen LogP contribution in [0, 0.1) is 5.92 Å². The Bertz CT molecular complexity index is 282. The zero-order valence-corrected chi connectivity index (χ0v) is 12.1. The van der Waals surface area contributed by atoms with Gasteiger partial charge in [0, 0.05) is 18.9 Å². The van der Waals surface area contributed by atoms with Crippen LogP contribution in [-0.2, 0) is 9.59 Å². The van der Waals surface area contributed by atoms with Crippen LogP contribution in [0.15, 0.2) is 12.2 Å². The predicted octanol–water partition coefficient (Wildman–Crippen LogP) is 3.24. The Morgan fingerprint density at radius 2 is 1.61 bits per heavy atom. The molecule has 0 bridgehead atoms. The normalized spacial score (nSPS) is 10.4. The molecule has 0 saturated heterocycles. The number of unbranched alkanes of at least 4 members (excludes halogenated alkanes) is 4. The zero-order valence-electron chi connectivity index (χ0n) is 12.1. The lowest BCUT2D eigenvalue weighted by Gasteiger charge is -2.07. The van der Waals surface area contributed by atoms with Crippen molar-refractivity contribution < 1.29 is 9.59 Å². The number of amides is 1. The topological polar surface area (TPSA) is 46.2 Å². The molecule has 0 spiro atoms. The molecular weight excluding hydrogens is 226 g/mol. The fourth-order valence-electron chi connectivity index (χ4n) is 1.57. The van der Waals surface area contributed by atoms with Gasteiger partial charge in [0.2, 0.25) is 5.91 Å². The highest BCUT2D eigenvalue weighted by molar-refractivity contribution is 5.93. The number of hydrogen-bond acceptors (Lipinski definition) is 2. The summed E-state index contributed by atoms with van der Waals surface area (Å²) in [6.07, 6.45) is 5.91. The van der Waals surface area contributed by atoms with E-state index in [1.54, 1.807) is 6.92 Å². The van der Waals surface area contributed by atoms with Gasteiger partial charge in [-0.15, -0.1) is 0 Å². The first-order chi connectivity index (χ1) is 8.45. The van der Waals surface area contributed by atoms with E-state index in [9.17, 15) is 9.59 Å². The Balaban J connectivity index is 3.29. The summed E-state index contributed by atoms with van der Waals surface area (Å²) >= 11 is 0. The van der Waals surface area contributed by atoms with E-state index in [-0.39, 0.29) is 17.6 Å². The molecule has 0 saturated carbocycles. The third-order valence-electron chi connectivity index (χ3n) is 2.88. The van der Waals surface area contributed by atoms with Gasteiger partial charge in [-0.05, 0) is 25.3 Å². The van der Waals surface area contributed by atoms with Crippen molar-refractivity contribution in [2.75, 3.05) is 6.54 Å². The number of allylic oxidation sites excluding steroid dienone is 1. The maximum atomic E-state index is 11.3. The van der Waals surface area contributed by atoms with Crippen LogP contribution in [-0.4, -0.2) is 18.2 Å². The molecule has 0 radical (unpaired) electrons. The fraction of sp³-hybridized carbons (Fsp3) is 0.733. The molecule has 0 aliphatic rings. The lowest BCUT2D eigenvalue weighted by molar-refractivity contribution is -0.124. The van der Waals surface area contributed by atoms with Crippen molar-refractivity contribution in [2.24, 2.45) is 5.92 Å². The van der Waals surface area contributed by atoms with Crippen LogP contribution >= 0.6 is 0 Å². The van der Waals surface area contributed by atoms with E-state index < -0.39 is 0 Å². The Morgan fingerprint density at radius 3 is 2.17 bits per heavy atom. The molecule has 0 aliphatic carbocycles. The molecule has 0 rings (SSSR count). The van der Waals surface area contributed by atoms with Crippen LogP contribution in [0.4, 0.5) is 0 Å². The summed E-state index contributed by atoms with van der Waals surface area (Å²) in [7, 11) is 0. The molecular formula is C15H27NO2. The minimum absolute atomic E-state index is 0.0677. The van der Waals surface area contributed by atoms with E-state index in [1.165, 1.54) is 0 Å². The first-order valence-corrected chi connectivity index (χ1v) is 6.91. The van der Waals surface area contributed by atoms with E-state index in [4.69, 9.17) is 0 Å². The number of Topliss-reactive ketones (excluding diaryl/α,β-unsaturated/α-hetero) is 1. The molecule has 0 heterocycles. The van der Waals surface area contributed by atoms with E-state index in [0.717, 1.165) is 38.6 Å². The highest BCUT2D eigenvalue weighted by Crippen LogP contribution is 2.07. The third-order valence-corrected chi connectivity index (χ3v) is 2.88. The van der Waals surface area contributed by atoms with Gasteiger partial charge in [0.25, 0.3) is 0 Å². The summed E-state index contributed by atoms with van der Waals surface area (Å²) < 4.78 is 0. The molecule has 1 amide bonds. The van der Waals surface area contributed by atoms with Crippen LogP contribution in [0.3, 0.4) is 0 Å².